The molecule has 0 bridgehead atoms. The van der Waals surface area contributed by atoms with E-state index in [0.29, 0.717) is 35.0 Å². The topological polar surface area (TPSA) is 133 Å². The Hall–Kier alpha value is -4.89. The van der Waals surface area contributed by atoms with E-state index in [1.165, 1.54) is 20.4 Å². The van der Waals surface area contributed by atoms with E-state index in [2.05, 4.69) is 75.9 Å². The molecule has 2 atom stereocenters. The molecule has 1 aromatic heterocycles. The average molecular weight is 696 g/mol. The highest BCUT2D eigenvalue weighted by Gasteiger charge is 2.67. The van der Waals surface area contributed by atoms with Crippen molar-refractivity contribution in [1.82, 2.24) is 20.2 Å². The van der Waals surface area contributed by atoms with Crippen LogP contribution in [0.4, 0.5) is 11.5 Å². The summed E-state index contributed by atoms with van der Waals surface area (Å²) in [5.41, 5.74) is 1.06. The lowest BCUT2D eigenvalue weighted by atomic mass is 9.48. The minimum absolute atomic E-state index is 0.0942. The molecule has 2 saturated heterocycles. The maximum Gasteiger partial charge on any atom is 0.358 e. The summed E-state index contributed by atoms with van der Waals surface area (Å²) in [5.74, 6) is 1.97. The van der Waals surface area contributed by atoms with Crippen LogP contribution in [-0.4, -0.2) is 97.9 Å². The van der Waals surface area contributed by atoms with Gasteiger partial charge in [-0.15, -0.1) is 0 Å². The van der Waals surface area contributed by atoms with Crippen LogP contribution in [0.15, 0.2) is 54.9 Å². The quantitative estimate of drug-likeness (QED) is 0.289. The molecule has 12 heteroatoms. The number of ether oxygens (including phenoxy) is 3. The Kier molecular flexibility index (Phi) is 10.1. The van der Waals surface area contributed by atoms with Crippen molar-refractivity contribution in [3.8, 4) is 17.6 Å². The lowest BCUT2D eigenvalue weighted by Gasteiger charge is -2.65. The lowest BCUT2D eigenvalue weighted by Crippen LogP contribution is -2.77. The number of piperazine rings is 1. The van der Waals surface area contributed by atoms with Crippen LogP contribution in [0.1, 0.15) is 73.4 Å². The number of esters is 1. The summed E-state index contributed by atoms with van der Waals surface area (Å²) in [7, 11) is 2.88. The Morgan fingerprint density at radius 3 is 2.22 bits per heavy atom. The highest BCUT2D eigenvalue weighted by molar-refractivity contribution is 5.95. The second kappa shape index (κ2) is 14.4. The molecule has 12 nitrogen and oxygen atoms in total. The minimum atomic E-state index is -0.533. The Bertz CT molecular complexity index is 1760. The molecule has 2 aliphatic heterocycles. The van der Waals surface area contributed by atoms with Gasteiger partial charge in [-0.1, -0.05) is 13.8 Å². The van der Waals surface area contributed by atoms with Gasteiger partial charge in [-0.3, -0.25) is 9.69 Å². The summed E-state index contributed by atoms with van der Waals surface area (Å²) in [5, 5.41) is 12.6. The number of hydrogen-bond donors (Lipinski definition) is 1. The van der Waals surface area contributed by atoms with Crippen molar-refractivity contribution in [1.29, 1.82) is 5.26 Å². The third-order valence-corrected chi connectivity index (χ3v) is 11.8. The van der Waals surface area contributed by atoms with Crippen LogP contribution < -0.4 is 24.6 Å². The number of nitriles is 1. The molecular formula is C39H49N7O5. The zero-order chi connectivity index (χ0) is 36.4. The van der Waals surface area contributed by atoms with E-state index >= 15 is 0 Å². The zero-order valence-electron chi connectivity index (χ0n) is 30.6. The first-order valence-electron chi connectivity index (χ1n) is 17.7. The standard InChI is InChI=1S/C39H49N7O5/c1-37(2)38(3,26-39(37,4)51-31-12-9-29(22-40)33(21-31)49-5)43-35(47)28-7-10-30(11-8-28)45-15-13-27(14-16-45)25-44-17-19-46(20-18-44)34-24-41-32(23-42-34)36(48)50-6/h7-12,21,23-24,27H,13-20,25-26H2,1-6H3,(H,43,47). The number of piperidine rings is 1. The van der Waals surface area contributed by atoms with Crippen molar-refractivity contribution in [3.05, 3.63) is 71.7 Å². The first-order valence-corrected chi connectivity index (χ1v) is 17.7. The average Bonchev–Trinajstić information content (AvgIpc) is 3.15. The molecule has 3 aliphatic rings. The van der Waals surface area contributed by atoms with Crippen LogP contribution in [0, 0.1) is 22.7 Å². The van der Waals surface area contributed by atoms with Crippen molar-refractivity contribution in [2.45, 2.75) is 58.1 Å². The number of methoxy groups -OCH3 is 2. The smallest absolute Gasteiger partial charge is 0.358 e. The van der Waals surface area contributed by atoms with Gasteiger partial charge in [-0.2, -0.15) is 5.26 Å². The number of carbonyl (C=O) groups is 2. The van der Waals surface area contributed by atoms with Gasteiger partial charge in [0.15, 0.2) is 5.69 Å². The molecule has 2 aromatic carbocycles. The van der Waals surface area contributed by atoms with Gasteiger partial charge in [0.1, 0.15) is 29.0 Å². The second-order valence-corrected chi connectivity index (χ2v) is 14.9. The number of nitrogens with one attached hydrogen (secondary N) is 1. The Balaban J connectivity index is 0.957. The first kappa shape index (κ1) is 35.9. The zero-order valence-corrected chi connectivity index (χ0v) is 30.6. The molecule has 1 saturated carbocycles. The third-order valence-electron chi connectivity index (χ3n) is 11.8. The van der Waals surface area contributed by atoms with Gasteiger partial charge < -0.3 is 29.3 Å². The number of benzene rings is 2. The second-order valence-electron chi connectivity index (χ2n) is 14.9. The van der Waals surface area contributed by atoms with Crippen molar-refractivity contribution < 1.29 is 23.8 Å². The molecule has 3 heterocycles. The van der Waals surface area contributed by atoms with E-state index in [4.69, 9.17) is 14.2 Å². The highest BCUT2D eigenvalue weighted by Crippen LogP contribution is 2.58. The fraction of sp³-hybridized carbons (Fsp3) is 0.513. The van der Waals surface area contributed by atoms with Gasteiger partial charge >= 0.3 is 5.97 Å². The van der Waals surface area contributed by atoms with Gasteiger partial charge in [-0.25, -0.2) is 14.8 Å². The predicted octanol–water partition coefficient (Wildman–Crippen LogP) is 4.94. The maximum atomic E-state index is 13.5. The molecule has 0 radical (unpaired) electrons. The Morgan fingerprint density at radius 1 is 0.922 bits per heavy atom. The molecule has 270 valence electrons. The van der Waals surface area contributed by atoms with Gasteiger partial charge in [0, 0.05) is 75.0 Å². The maximum absolute atomic E-state index is 13.5. The van der Waals surface area contributed by atoms with E-state index in [1.54, 1.807) is 24.4 Å². The molecule has 2 unspecified atom stereocenters. The predicted molar refractivity (Wildman–Crippen MR) is 194 cm³/mol. The van der Waals surface area contributed by atoms with Crippen molar-refractivity contribution in [3.63, 3.8) is 0 Å². The molecule has 1 aliphatic carbocycles. The van der Waals surface area contributed by atoms with Crippen LogP contribution in [-0.2, 0) is 4.74 Å². The van der Waals surface area contributed by atoms with Gasteiger partial charge in [-0.05, 0) is 69.0 Å². The molecule has 3 aromatic rings. The molecule has 1 N–H and O–H groups in total. The van der Waals surface area contributed by atoms with E-state index in [0.717, 1.165) is 70.2 Å². The first-order chi connectivity index (χ1) is 24.4. The molecule has 0 spiro atoms. The van der Waals surface area contributed by atoms with Gasteiger partial charge in [0.05, 0.1) is 37.7 Å². The van der Waals surface area contributed by atoms with Crippen LogP contribution in [0.5, 0.6) is 11.5 Å². The fourth-order valence-electron chi connectivity index (χ4n) is 7.78. The monoisotopic (exact) mass is 695 g/mol. The minimum Gasteiger partial charge on any atom is -0.495 e. The van der Waals surface area contributed by atoms with E-state index in [-0.39, 0.29) is 17.0 Å². The Morgan fingerprint density at radius 2 is 1.63 bits per heavy atom. The summed E-state index contributed by atoms with van der Waals surface area (Å²) in [6.07, 6.45) is 6.02. The highest BCUT2D eigenvalue weighted by atomic mass is 16.5. The number of aromatic nitrogens is 2. The number of carbonyl (C=O) groups excluding carboxylic acids is 2. The van der Waals surface area contributed by atoms with Crippen molar-refractivity contribution in [2.75, 3.05) is 69.8 Å². The third kappa shape index (κ3) is 7.17. The van der Waals surface area contributed by atoms with Crippen molar-refractivity contribution >= 4 is 23.4 Å². The fourth-order valence-corrected chi connectivity index (χ4v) is 7.78. The summed E-state index contributed by atoms with van der Waals surface area (Å²) < 4.78 is 16.6. The van der Waals surface area contributed by atoms with E-state index < -0.39 is 17.1 Å². The van der Waals surface area contributed by atoms with Crippen LogP contribution >= 0.6 is 0 Å². The number of hydrogen-bond acceptors (Lipinski definition) is 11. The number of amides is 1. The molecule has 1 amide bonds. The summed E-state index contributed by atoms with van der Waals surface area (Å²) in [4.78, 5) is 40.9. The molecule has 51 heavy (non-hydrogen) atoms. The SMILES string of the molecule is COC(=O)c1cnc(N2CCN(CC3CCN(c4ccc(C(=O)NC5(C)CC(C)(Oc6ccc(C#N)c(OC)c6)C5(C)C)cc4)CC3)CC2)cn1. The largest absolute Gasteiger partial charge is 0.495 e. The molecular weight excluding hydrogens is 646 g/mol. The summed E-state index contributed by atoms with van der Waals surface area (Å²) >= 11 is 0. The molecule has 6 rings (SSSR count). The number of anilines is 2. The summed E-state index contributed by atoms with van der Waals surface area (Å²) in [6.45, 7) is 15.2. The molecule has 3 fully saturated rings. The Labute approximate surface area is 300 Å². The summed E-state index contributed by atoms with van der Waals surface area (Å²) in [6, 6.07) is 15.4. The van der Waals surface area contributed by atoms with Crippen molar-refractivity contribution in [2.24, 2.45) is 11.3 Å². The van der Waals surface area contributed by atoms with Gasteiger partial charge in [0.2, 0.25) is 0 Å². The van der Waals surface area contributed by atoms with E-state index in [1.807, 2.05) is 12.1 Å². The van der Waals surface area contributed by atoms with Crippen LogP contribution in [0.2, 0.25) is 0 Å². The van der Waals surface area contributed by atoms with Gasteiger partial charge in [0.25, 0.3) is 5.91 Å². The van der Waals surface area contributed by atoms with Crippen LogP contribution in [0.25, 0.3) is 0 Å². The van der Waals surface area contributed by atoms with E-state index in [9.17, 15) is 14.9 Å². The lowest BCUT2D eigenvalue weighted by molar-refractivity contribution is -0.180. The normalized spacial score (nSPS) is 23.5. The number of nitrogens with zero attached hydrogens (tertiary/aromatic N) is 6. The number of rotatable bonds is 10. The van der Waals surface area contributed by atoms with Crippen LogP contribution in [0.3, 0.4) is 0 Å².